The Bertz CT molecular complexity index is 740. The lowest BCUT2D eigenvalue weighted by Crippen LogP contribution is -2.26. The predicted molar refractivity (Wildman–Crippen MR) is 116 cm³/mol. The van der Waals surface area contributed by atoms with Crippen LogP contribution in [-0.2, 0) is 9.53 Å². The summed E-state index contributed by atoms with van der Waals surface area (Å²) in [5.74, 6) is 0.673. The Balaban J connectivity index is 1.58. The lowest BCUT2D eigenvalue weighted by atomic mass is 10.1. The fourth-order valence-electron chi connectivity index (χ4n) is 3.55. The Hall–Kier alpha value is -2.37. The molecule has 5 heteroatoms. The van der Waals surface area contributed by atoms with E-state index >= 15 is 0 Å². The highest BCUT2D eigenvalue weighted by molar-refractivity contribution is 5.94. The van der Waals surface area contributed by atoms with Crippen LogP contribution in [-0.4, -0.2) is 44.2 Å². The van der Waals surface area contributed by atoms with E-state index in [4.69, 9.17) is 9.47 Å². The van der Waals surface area contributed by atoms with Crippen molar-refractivity contribution in [3.63, 3.8) is 0 Å². The van der Waals surface area contributed by atoms with Gasteiger partial charge in [0.05, 0.1) is 12.7 Å². The molecule has 2 aromatic rings. The third-order valence-corrected chi connectivity index (χ3v) is 5.11. The van der Waals surface area contributed by atoms with Crippen LogP contribution in [0.4, 0.5) is 5.69 Å². The largest absolute Gasteiger partial charge is 0.494 e. The molecule has 2 aromatic carbocycles. The quantitative estimate of drug-likeness (QED) is 0.594. The molecule has 0 saturated heterocycles. The summed E-state index contributed by atoms with van der Waals surface area (Å²) in [6.07, 6.45) is 4.92. The van der Waals surface area contributed by atoms with Gasteiger partial charge in [0, 0.05) is 12.2 Å². The van der Waals surface area contributed by atoms with E-state index in [-0.39, 0.29) is 12.0 Å². The van der Waals surface area contributed by atoms with E-state index in [1.807, 2.05) is 54.6 Å². The first-order valence-corrected chi connectivity index (χ1v) is 10.5. The number of rotatable bonds is 10. The molecule has 1 saturated carbocycles. The molecular weight excluding hydrogens is 364 g/mol. The number of hydrogen-bond acceptors (Lipinski definition) is 4. The number of nitrogens with zero attached hydrogens (tertiary/aromatic N) is 1. The molecule has 0 aliphatic heterocycles. The first-order valence-electron chi connectivity index (χ1n) is 10.5. The minimum atomic E-state index is -0.596. The number of benzene rings is 2. The first kappa shape index (κ1) is 21.3. The summed E-state index contributed by atoms with van der Waals surface area (Å²) in [6, 6.07) is 17.2. The summed E-state index contributed by atoms with van der Waals surface area (Å²) in [6.45, 7) is 1.67. The smallest absolute Gasteiger partial charge is 0.258 e. The highest BCUT2D eigenvalue weighted by Crippen LogP contribution is 2.29. The van der Waals surface area contributed by atoms with E-state index < -0.39 is 6.10 Å². The Morgan fingerprint density at radius 1 is 1.07 bits per heavy atom. The molecule has 5 nitrogen and oxygen atoms in total. The van der Waals surface area contributed by atoms with Crippen LogP contribution in [0.15, 0.2) is 54.6 Å². The Labute approximate surface area is 174 Å². The van der Waals surface area contributed by atoms with Gasteiger partial charge in [0.25, 0.3) is 5.91 Å². The van der Waals surface area contributed by atoms with Crippen molar-refractivity contribution in [3.8, 4) is 5.75 Å². The van der Waals surface area contributed by atoms with Crippen LogP contribution in [0, 0.1) is 0 Å². The molecule has 0 aromatic heterocycles. The molecular formula is C24H32N2O3. The summed E-state index contributed by atoms with van der Waals surface area (Å²) in [7, 11) is 4.10. The lowest BCUT2D eigenvalue weighted by molar-refractivity contribution is -0.131. The SMILES string of the molecule is CN(C)CCCOc1ccc(NC(=O)C(OC2CCCC2)c2ccccc2)cc1. The number of nitrogens with one attached hydrogen (secondary N) is 1. The van der Waals surface area contributed by atoms with Crippen LogP contribution < -0.4 is 10.1 Å². The number of hydrogen-bond donors (Lipinski definition) is 1. The van der Waals surface area contributed by atoms with Crippen molar-refractivity contribution in [2.24, 2.45) is 0 Å². The van der Waals surface area contributed by atoms with Gasteiger partial charge in [0.2, 0.25) is 0 Å². The zero-order valence-corrected chi connectivity index (χ0v) is 17.5. The molecule has 1 N–H and O–H groups in total. The van der Waals surface area contributed by atoms with E-state index in [1.165, 1.54) is 12.8 Å². The summed E-state index contributed by atoms with van der Waals surface area (Å²) < 4.78 is 12.0. The van der Waals surface area contributed by atoms with Crippen molar-refractivity contribution < 1.29 is 14.3 Å². The van der Waals surface area contributed by atoms with Gasteiger partial charge in [-0.05, 0) is 63.2 Å². The van der Waals surface area contributed by atoms with Gasteiger partial charge in [-0.1, -0.05) is 43.2 Å². The monoisotopic (exact) mass is 396 g/mol. The number of amides is 1. The fraction of sp³-hybridized carbons (Fsp3) is 0.458. The van der Waals surface area contributed by atoms with Gasteiger partial charge in [0.1, 0.15) is 5.75 Å². The third-order valence-electron chi connectivity index (χ3n) is 5.11. The normalized spacial score (nSPS) is 15.4. The number of carbonyl (C=O) groups is 1. The molecule has 156 valence electrons. The van der Waals surface area contributed by atoms with E-state index in [9.17, 15) is 4.79 Å². The first-order chi connectivity index (χ1) is 14.1. The minimum absolute atomic E-state index is 0.136. The van der Waals surface area contributed by atoms with Crippen molar-refractivity contribution >= 4 is 11.6 Å². The molecule has 1 atom stereocenters. The van der Waals surface area contributed by atoms with Crippen LogP contribution in [0.5, 0.6) is 5.75 Å². The van der Waals surface area contributed by atoms with Crippen molar-refractivity contribution in [2.45, 2.75) is 44.3 Å². The summed E-state index contributed by atoms with van der Waals surface area (Å²) in [5, 5.41) is 3.00. The molecule has 1 unspecified atom stereocenters. The predicted octanol–water partition coefficient (Wildman–Crippen LogP) is 4.66. The van der Waals surface area contributed by atoms with Crippen LogP contribution >= 0.6 is 0 Å². The topological polar surface area (TPSA) is 50.8 Å². The van der Waals surface area contributed by atoms with E-state index in [0.717, 1.165) is 42.8 Å². The van der Waals surface area contributed by atoms with Crippen molar-refractivity contribution in [3.05, 3.63) is 60.2 Å². The van der Waals surface area contributed by atoms with E-state index in [0.29, 0.717) is 6.61 Å². The lowest BCUT2D eigenvalue weighted by Gasteiger charge is -2.22. The summed E-state index contributed by atoms with van der Waals surface area (Å²) in [5.41, 5.74) is 1.63. The standard InChI is InChI=1S/C24H32N2O3/c1-26(2)17-8-18-28-21-15-13-20(14-16-21)25-24(27)23(19-9-4-3-5-10-19)29-22-11-6-7-12-22/h3-5,9-10,13-16,22-23H,6-8,11-12,17-18H2,1-2H3,(H,25,27). The van der Waals surface area contributed by atoms with Gasteiger partial charge in [0.15, 0.2) is 6.10 Å². The third kappa shape index (κ3) is 6.87. The molecule has 1 aliphatic carbocycles. The molecule has 0 radical (unpaired) electrons. The molecule has 0 bridgehead atoms. The zero-order valence-electron chi connectivity index (χ0n) is 17.5. The molecule has 0 spiro atoms. The maximum Gasteiger partial charge on any atom is 0.258 e. The van der Waals surface area contributed by atoms with E-state index in [1.54, 1.807) is 0 Å². The molecule has 0 heterocycles. The Kier molecular flexibility index (Phi) is 8.08. The van der Waals surface area contributed by atoms with Crippen molar-refractivity contribution in [2.75, 3.05) is 32.6 Å². The van der Waals surface area contributed by atoms with E-state index in [2.05, 4.69) is 24.3 Å². The van der Waals surface area contributed by atoms with Gasteiger partial charge in [-0.2, -0.15) is 0 Å². The van der Waals surface area contributed by atoms with Gasteiger partial charge < -0.3 is 19.7 Å². The maximum atomic E-state index is 13.0. The molecule has 29 heavy (non-hydrogen) atoms. The molecule has 1 aliphatic rings. The van der Waals surface area contributed by atoms with Crippen molar-refractivity contribution in [1.29, 1.82) is 0 Å². The Morgan fingerprint density at radius 3 is 2.41 bits per heavy atom. The van der Waals surface area contributed by atoms with Gasteiger partial charge >= 0.3 is 0 Å². The van der Waals surface area contributed by atoms with Crippen LogP contribution in [0.2, 0.25) is 0 Å². The Morgan fingerprint density at radius 2 is 1.76 bits per heavy atom. The summed E-state index contributed by atoms with van der Waals surface area (Å²) in [4.78, 5) is 15.1. The van der Waals surface area contributed by atoms with Crippen LogP contribution in [0.3, 0.4) is 0 Å². The number of carbonyl (C=O) groups excluding carboxylic acids is 1. The van der Waals surface area contributed by atoms with Gasteiger partial charge in [-0.15, -0.1) is 0 Å². The van der Waals surface area contributed by atoms with Gasteiger partial charge in [-0.3, -0.25) is 4.79 Å². The average molecular weight is 397 g/mol. The minimum Gasteiger partial charge on any atom is -0.494 e. The second kappa shape index (κ2) is 11.0. The van der Waals surface area contributed by atoms with Crippen LogP contribution in [0.1, 0.15) is 43.8 Å². The number of ether oxygens (including phenoxy) is 2. The van der Waals surface area contributed by atoms with Crippen molar-refractivity contribution in [1.82, 2.24) is 4.90 Å². The fourth-order valence-corrected chi connectivity index (χ4v) is 3.55. The summed E-state index contributed by atoms with van der Waals surface area (Å²) >= 11 is 0. The zero-order chi connectivity index (χ0) is 20.5. The number of anilines is 1. The highest BCUT2D eigenvalue weighted by atomic mass is 16.5. The average Bonchev–Trinajstić information content (AvgIpc) is 3.24. The van der Waals surface area contributed by atoms with Gasteiger partial charge in [-0.25, -0.2) is 0 Å². The molecule has 1 amide bonds. The van der Waals surface area contributed by atoms with Crippen LogP contribution in [0.25, 0.3) is 0 Å². The molecule has 1 fully saturated rings. The second-order valence-corrected chi connectivity index (χ2v) is 7.85. The second-order valence-electron chi connectivity index (χ2n) is 7.85. The maximum absolute atomic E-state index is 13.0. The molecule has 3 rings (SSSR count). The highest BCUT2D eigenvalue weighted by Gasteiger charge is 2.27.